The van der Waals surface area contributed by atoms with Crippen LogP contribution < -0.4 is 0 Å². The van der Waals surface area contributed by atoms with Gasteiger partial charge in [0, 0.05) is 5.92 Å². The van der Waals surface area contributed by atoms with E-state index in [0.717, 1.165) is 12.3 Å². The second-order valence-corrected chi connectivity index (χ2v) is 6.98. The van der Waals surface area contributed by atoms with E-state index < -0.39 is 0 Å². The van der Waals surface area contributed by atoms with Crippen LogP contribution in [0.2, 0.25) is 0 Å². The quantitative estimate of drug-likeness (QED) is 0.514. The van der Waals surface area contributed by atoms with Crippen LogP contribution in [0.15, 0.2) is 0 Å². The van der Waals surface area contributed by atoms with Crippen molar-refractivity contribution in [1.29, 1.82) is 0 Å². The van der Waals surface area contributed by atoms with Gasteiger partial charge in [0.1, 0.15) is 5.89 Å². The second kappa shape index (κ2) is 2.76. The highest BCUT2D eigenvalue weighted by Gasteiger charge is 2.65. The van der Waals surface area contributed by atoms with Gasteiger partial charge in [0.15, 0.2) is 0 Å². The van der Waals surface area contributed by atoms with Crippen molar-refractivity contribution in [2.45, 2.75) is 59.8 Å². The van der Waals surface area contributed by atoms with Crippen LogP contribution in [0.5, 0.6) is 0 Å². The predicted octanol–water partition coefficient (Wildman–Crippen LogP) is 4.45. The average molecular weight is 206 g/mol. The molecule has 3 saturated carbocycles. The largest absolute Gasteiger partial charge is 0.104 e. The molecule has 0 spiro atoms. The highest BCUT2D eigenvalue weighted by atomic mass is 14.7. The first-order valence-corrected chi connectivity index (χ1v) is 6.65. The van der Waals surface area contributed by atoms with E-state index in [1.807, 2.05) is 0 Å². The van der Waals surface area contributed by atoms with E-state index in [9.17, 15) is 0 Å². The minimum absolute atomic E-state index is 0.161. The molecule has 3 aliphatic rings. The van der Waals surface area contributed by atoms with Gasteiger partial charge in [-0.2, -0.15) is 0 Å². The van der Waals surface area contributed by atoms with Crippen molar-refractivity contribution >= 4 is 0 Å². The first-order chi connectivity index (χ1) is 7.32. The molecule has 3 rings (SSSR count). The van der Waals surface area contributed by atoms with Crippen LogP contribution in [0.25, 0.3) is 0 Å². The lowest BCUT2D eigenvalue weighted by Gasteiger charge is -2.51. The summed E-state index contributed by atoms with van der Waals surface area (Å²) >= 11 is 0. The summed E-state index contributed by atoms with van der Waals surface area (Å²) in [5.41, 5.74) is 0.891. The molecule has 0 radical (unpaired) electrons. The van der Waals surface area contributed by atoms with E-state index in [-0.39, 0.29) is 5.89 Å². The summed E-state index contributed by atoms with van der Waals surface area (Å²) in [6.45, 7) is 9.67. The van der Waals surface area contributed by atoms with E-state index in [1.54, 1.807) is 0 Å². The molecule has 0 amide bonds. The van der Waals surface area contributed by atoms with E-state index in [2.05, 4.69) is 27.7 Å². The molecule has 0 heterocycles. The molecule has 0 aromatic heterocycles. The molecule has 0 aromatic carbocycles. The molecular formula is C15H25+. The standard InChI is InChI=1S/C15H25/c1-10-5-6-13-12(10)9-11-7-8-15(13,4)14(11,2)3/h11-13H,5-9H2,1-4H3/q+1/t11-,12+,13-,15+/m1/s1/i12D. The SMILES string of the molecule is [2H][C@@]12C[C@H]3CC[C@@](C)([C@@H]1CC[C+]2C)C3(C)C. The predicted molar refractivity (Wildman–Crippen MR) is 64.4 cm³/mol. The molecule has 0 heteroatoms. The molecular weight excluding hydrogens is 180 g/mol. The Kier molecular flexibility index (Phi) is 1.65. The summed E-state index contributed by atoms with van der Waals surface area (Å²) in [6.07, 6.45) is 6.37. The van der Waals surface area contributed by atoms with Crippen molar-refractivity contribution in [2.24, 2.45) is 28.6 Å². The van der Waals surface area contributed by atoms with Gasteiger partial charge < -0.3 is 0 Å². The number of hydrogen-bond acceptors (Lipinski definition) is 0. The number of rotatable bonds is 0. The molecule has 3 aliphatic carbocycles. The molecule has 0 aliphatic heterocycles. The smallest absolute Gasteiger partial charge is 0.0591 e. The fraction of sp³-hybridized carbons (Fsp3) is 0.933. The Hall–Kier alpha value is -0.130. The Morgan fingerprint density at radius 2 is 2.00 bits per heavy atom. The maximum absolute atomic E-state index is 8.91. The first-order valence-electron chi connectivity index (χ1n) is 7.15. The zero-order valence-electron chi connectivity index (χ0n) is 11.7. The Morgan fingerprint density at radius 3 is 2.73 bits per heavy atom. The summed E-state index contributed by atoms with van der Waals surface area (Å²) < 4.78 is 8.91. The molecule has 0 N–H and O–H groups in total. The van der Waals surface area contributed by atoms with Crippen molar-refractivity contribution in [3.63, 3.8) is 0 Å². The van der Waals surface area contributed by atoms with Gasteiger partial charge in [-0.15, -0.1) is 0 Å². The fourth-order valence-electron chi connectivity index (χ4n) is 4.88. The van der Waals surface area contributed by atoms with Crippen LogP contribution in [-0.2, 0) is 0 Å². The van der Waals surface area contributed by atoms with Gasteiger partial charge in [-0.05, 0) is 42.4 Å². The molecule has 0 nitrogen and oxygen atoms in total. The molecule has 15 heavy (non-hydrogen) atoms. The molecule has 0 saturated heterocycles. The maximum atomic E-state index is 8.91. The van der Waals surface area contributed by atoms with Crippen LogP contribution in [0.1, 0.15) is 61.2 Å². The van der Waals surface area contributed by atoms with Gasteiger partial charge >= 0.3 is 0 Å². The van der Waals surface area contributed by atoms with Crippen molar-refractivity contribution < 1.29 is 1.37 Å². The average Bonchev–Trinajstić information content (AvgIpc) is 2.53. The van der Waals surface area contributed by atoms with Crippen molar-refractivity contribution in [3.8, 4) is 0 Å². The highest BCUT2D eigenvalue weighted by Crippen LogP contribution is 2.70. The lowest BCUT2D eigenvalue weighted by atomic mass is 9.51. The zero-order chi connectivity index (χ0) is 11.8. The summed E-state index contributed by atoms with van der Waals surface area (Å²) in [5.74, 6) is 2.74. The van der Waals surface area contributed by atoms with Gasteiger partial charge in [-0.1, -0.05) is 20.8 Å². The summed E-state index contributed by atoms with van der Waals surface area (Å²) in [5, 5.41) is 0. The van der Waals surface area contributed by atoms with Gasteiger partial charge in [0.25, 0.3) is 0 Å². The van der Waals surface area contributed by atoms with E-state index in [4.69, 9.17) is 1.37 Å². The molecule has 4 atom stereocenters. The van der Waals surface area contributed by atoms with Crippen LogP contribution in [0.4, 0.5) is 0 Å². The van der Waals surface area contributed by atoms with E-state index >= 15 is 0 Å². The maximum Gasteiger partial charge on any atom is 0.104 e. The summed E-state index contributed by atoms with van der Waals surface area (Å²) in [4.78, 5) is 0. The van der Waals surface area contributed by atoms with Crippen molar-refractivity contribution in [3.05, 3.63) is 5.92 Å². The zero-order valence-corrected chi connectivity index (χ0v) is 10.7. The van der Waals surface area contributed by atoms with Gasteiger partial charge in [-0.3, -0.25) is 0 Å². The molecule has 84 valence electrons. The topological polar surface area (TPSA) is 0 Å². The van der Waals surface area contributed by atoms with Crippen LogP contribution in [0, 0.1) is 34.5 Å². The number of hydrogen-bond donors (Lipinski definition) is 0. The van der Waals surface area contributed by atoms with Crippen LogP contribution >= 0.6 is 0 Å². The van der Waals surface area contributed by atoms with E-state index in [1.165, 1.54) is 31.6 Å². The number of fused-ring (bicyclic) bond motifs is 4. The van der Waals surface area contributed by atoms with E-state index in [0.29, 0.717) is 16.7 Å². The highest BCUT2D eigenvalue weighted by molar-refractivity contribution is 5.17. The van der Waals surface area contributed by atoms with Gasteiger partial charge in [0.05, 0.1) is 20.6 Å². The molecule has 0 unspecified atom stereocenters. The Balaban J connectivity index is 2.08. The molecule has 2 bridgehead atoms. The monoisotopic (exact) mass is 206 g/mol. The third-order valence-corrected chi connectivity index (χ3v) is 6.52. The minimum Gasteiger partial charge on any atom is -0.0591 e. The molecule has 3 fully saturated rings. The fourth-order valence-corrected chi connectivity index (χ4v) is 4.88. The van der Waals surface area contributed by atoms with Crippen molar-refractivity contribution in [2.75, 3.05) is 0 Å². The van der Waals surface area contributed by atoms with Crippen LogP contribution in [0.3, 0.4) is 0 Å². The lowest BCUT2D eigenvalue weighted by Crippen LogP contribution is -2.46. The molecule has 0 aromatic rings. The summed E-state index contributed by atoms with van der Waals surface area (Å²) in [6, 6.07) is 0. The first kappa shape index (κ1) is 8.96. The van der Waals surface area contributed by atoms with Gasteiger partial charge in [0.2, 0.25) is 0 Å². The second-order valence-electron chi connectivity index (χ2n) is 6.98. The Bertz CT molecular complexity index is 321. The normalized spacial score (nSPS) is 57.9. The third kappa shape index (κ3) is 1.02. The lowest BCUT2D eigenvalue weighted by molar-refractivity contribution is -0.0384. The van der Waals surface area contributed by atoms with Crippen LogP contribution in [-0.4, -0.2) is 0 Å². The third-order valence-electron chi connectivity index (χ3n) is 6.52. The van der Waals surface area contributed by atoms with Crippen molar-refractivity contribution in [1.82, 2.24) is 0 Å². The summed E-state index contributed by atoms with van der Waals surface area (Å²) in [7, 11) is 0. The Morgan fingerprint density at radius 1 is 1.27 bits per heavy atom. The van der Waals surface area contributed by atoms with Gasteiger partial charge in [-0.25, -0.2) is 0 Å². The minimum atomic E-state index is -0.161. The Labute approximate surface area is 96.2 Å².